The summed E-state index contributed by atoms with van der Waals surface area (Å²) in [5.41, 5.74) is 4.17. The predicted molar refractivity (Wildman–Crippen MR) is 132 cm³/mol. The summed E-state index contributed by atoms with van der Waals surface area (Å²) in [5, 5.41) is 6.52. The van der Waals surface area contributed by atoms with Gasteiger partial charge in [-0.25, -0.2) is 19.9 Å². The Labute approximate surface area is 199 Å². The number of aromatic nitrogens is 5. The van der Waals surface area contributed by atoms with Gasteiger partial charge in [0, 0.05) is 35.6 Å². The quantitative estimate of drug-likeness (QED) is 0.391. The molecule has 0 aliphatic carbocycles. The number of hydrogen-bond acceptors (Lipinski definition) is 10. The molecule has 9 nitrogen and oxygen atoms in total. The maximum Gasteiger partial charge on any atom is 0.226 e. The number of nitrogens with zero attached hydrogens (tertiary/aromatic N) is 6. The highest BCUT2D eigenvalue weighted by molar-refractivity contribution is 7.04. The Morgan fingerprint density at radius 3 is 2.82 bits per heavy atom. The van der Waals surface area contributed by atoms with Crippen LogP contribution in [0.25, 0.3) is 21.9 Å². The molecule has 0 atom stereocenters. The third kappa shape index (κ3) is 4.09. The van der Waals surface area contributed by atoms with Gasteiger partial charge in [-0.2, -0.15) is 4.37 Å². The number of morpholine rings is 1. The highest BCUT2D eigenvalue weighted by Crippen LogP contribution is 2.31. The van der Waals surface area contributed by atoms with Gasteiger partial charge in [0.15, 0.2) is 5.82 Å². The summed E-state index contributed by atoms with van der Waals surface area (Å²) in [6.45, 7) is 4.88. The number of ether oxygens (including phenoxy) is 2. The third-order valence-corrected chi connectivity index (χ3v) is 6.32. The van der Waals surface area contributed by atoms with Gasteiger partial charge in [0.2, 0.25) is 5.95 Å². The van der Waals surface area contributed by atoms with Crippen molar-refractivity contribution in [1.82, 2.24) is 24.3 Å². The van der Waals surface area contributed by atoms with Crippen LogP contribution in [0.1, 0.15) is 5.56 Å². The third-order valence-electron chi connectivity index (χ3n) is 5.66. The van der Waals surface area contributed by atoms with Crippen LogP contribution < -0.4 is 15.0 Å². The van der Waals surface area contributed by atoms with E-state index in [1.165, 1.54) is 17.9 Å². The fourth-order valence-electron chi connectivity index (χ4n) is 3.86. The molecule has 0 radical (unpaired) electrons. The summed E-state index contributed by atoms with van der Waals surface area (Å²) < 4.78 is 15.9. The van der Waals surface area contributed by atoms with Crippen LogP contribution in [-0.4, -0.2) is 50.6 Å². The molecule has 0 bridgehead atoms. The Balaban J connectivity index is 1.25. The number of hydrogen-bond donors (Lipinski definition) is 1. The van der Waals surface area contributed by atoms with Crippen molar-refractivity contribution < 1.29 is 9.47 Å². The Bertz CT molecular complexity index is 1480. The molecular formula is C24H21N7O2S. The van der Waals surface area contributed by atoms with Gasteiger partial charge in [0.1, 0.15) is 28.9 Å². The second-order valence-electron chi connectivity index (χ2n) is 7.97. The highest BCUT2D eigenvalue weighted by atomic mass is 32.1. The van der Waals surface area contributed by atoms with Crippen molar-refractivity contribution >= 4 is 50.9 Å². The molecule has 1 aliphatic heterocycles. The molecule has 1 saturated heterocycles. The number of anilines is 3. The Hall–Kier alpha value is -3.89. The van der Waals surface area contributed by atoms with E-state index < -0.39 is 0 Å². The average molecular weight is 472 g/mol. The first-order valence-corrected chi connectivity index (χ1v) is 11.8. The van der Waals surface area contributed by atoms with E-state index in [2.05, 4.69) is 29.5 Å². The van der Waals surface area contributed by atoms with Crippen molar-refractivity contribution in [2.24, 2.45) is 0 Å². The van der Waals surface area contributed by atoms with Crippen molar-refractivity contribution in [2.45, 2.75) is 6.92 Å². The first-order valence-electron chi connectivity index (χ1n) is 10.9. The van der Waals surface area contributed by atoms with Gasteiger partial charge in [-0.3, -0.25) is 0 Å². The monoisotopic (exact) mass is 471 g/mol. The van der Waals surface area contributed by atoms with Gasteiger partial charge >= 0.3 is 0 Å². The minimum atomic E-state index is 0.629. The molecule has 170 valence electrons. The Morgan fingerprint density at radius 1 is 1.03 bits per heavy atom. The number of fused-ring (bicyclic) bond motifs is 2. The lowest BCUT2D eigenvalue weighted by Crippen LogP contribution is -2.37. The maximum absolute atomic E-state index is 6.12. The van der Waals surface area contributed by atoms with E-state index in [4.69, 9.17) is 14.5 Å². The van der Waals surface area contributed by atoms with Crippen molar-refractivity contribution in [3.63, 3.8) is 0 Å². The maximum atomic E-state index is 6.12. The lowest BCUT2D eigenvalue weighted by Gasteiger charge is -2.26. The molecule has 2 aromatic carbocycles. The molecular weight excluding hydrogens is 450 g/mol. The molecule has 0 unspecified atom stereocenters. The molecule has 0 amide bonds. The van der Waals surface area contributed by atoms with Gasteiger partial charge < -0.3 is 19.7 Å². The van der Waals surface area contributed by atoms with Gasteiger partial charge in [0.25, 0.3) is 0 Å². The predicted octanol–water partition coefficient (Wildman–Crippen LogP) is 4.71. The van der Waals surface area contributed by atoms with E-state index in [1.54, 1.807) is 6.20 Å². The lowest BCUT2D eigenvalue weighted by molar-refractivity contribution is 0.122. The van der Waals surface area contributed by atoms with Crippen molar-refractivity contribution in [1.29, 1.82) is 0 Å². The second-order valence-corrected chi connectivity index (χ2v) is 8.60. The number of aryl methyl sites for hydroxylation is 1. The molecule has 34 heavy (non-hydrogen) atoms. The molecule has 1 fully saturated rings. The van der Waals surface area contributed by atoms with Crippen LogP contribution in [0.3, 0.4) is 0 Å². The minimum absolute atomic E-state index is 0.629. The lowest BCUT2D eigenvalue weighted by atomic mass is 10.2. The zero-order valence-electron chi connectivity index (χ0n) is 18.4. The fraction of sp³-hybridized carbons (Fsp3) is 0.208. The number of nitrogens with one attached hydrogen (secondary N) is 1. The molecule has 6 rings (SSSR count). The summed E-state index contributed by atoms with van der Waals surface area (Å²) in [6.07, 6.45) is 3.25. The molecule has 0 spiro atoms. The van der Waals surface area contributed by atoms with Crippen LogP contribution in [0.15, 0.2) is 54.3 Å². The molecule has 1 aliphatic rings. The zero-order chi connectivity index (χ0) is 22.9. The van der Waals surface area contributed by atoms with Crippen LogP contribution in [0, 0.1) is 6.92 Å². The van der Waals surface area contributed by atoms with E-state index >= 15 is 0 Å². The van der Waals surface area contributed by atoms with E-state index in [-0.39, 0.29) is 0 Å². The standard InChI is InChI=1S/C24H21N7O2S/c1-15-10-17(3-5-21(15)33-18-4-2-16-13-34-30-19(16)11-18)28-23-22-20(26-14-27-23)12-25-24(29-22)31-6-8-32-9-7-31/h2-5,10-14H,6-9H2,1H3,(H,26,27,28). The van der Waals surface area contributed by atoms with Crippen LogP contribution in [0.2, 0.25) is 0 Å². The van der Waals surface area contributed by atoms with Crippen LogP contribution in [-0.2, 0) is 4.74 Å². The molecule has 3 aromatic heterocycles. The van der Waals surface area contributed by atoms with E-state index in [1.807, 2.05) is 48.7 Å². The summed E-state index contributed by atoms with van der Waals surface area (Å²) in [5.74, 6) is 2.83. The van der Waals surface area contributed by atoms with E-state index in [0.717, 1.165) is 46.7 Å². The van der Waals surface area contributed by atoms with Gasteiger partial charge in [-0.05, 0) is 54.4 Å². The second kappa shape index (κ2) is 8.81. The average Bonchev–Trinajstić information content (AvgIpc) is 3.34. The van der Waals surface area contributed by atoms with Crippen molar-refractivity contribution in [2.75, 3.05) is 36.5 Å². The summed E-state index contributed by atoms with van der Waals surface area (Å²) >= 11 is 1.44. The van der Waals surface area contributed by atoms with Gasteiger partial charge in [-0.1, -0.05) is 0 Å². The van der Waals surface area contributed by atoms with Gasteiger partial charge in [0.05, 0.1) is 24.9 Å². The molecule has 5 aromatic rings. The smallest absolute Gasteiger partial charge is 0.226 e. The summed E-state index contributed by atoms with van der Waals surface area (Å²) in [7, 11) is 0. The highest BCUT2D eigenvalue weighted by Gasteiger charge is 2.16. The van der Waals surface area contributed by atoms with Crippen LogP contribution >= 0.6 is 11.5 Å². The van der Waals surface area contributed by atoms with E-state index in [0.29, 0.717) is 36.0 Å². The zero-order valence-corrected chi connectivity index (χ0v) is 19.2. The SMILES string of the molecule is Cc1cc(Nc2ncnc3cnc(N4CCOCC4)nc23)ccc1Oc1ccc2csnc2c1. The normalized spacial score (nSPS) is 14.0. The fourth-order valence-corrected chi connectivity index (χ4v) is 4.50. The Kier molecular flexibility index (Phi) is 5.36. The number of rotatable bonds is 5. The number of benzene rings is 2. The molecule has 0 saturated carbocycles. The van der Waals surface area contributed by atoms with Crippen LogP contribution in [0.4, 0.5) is 17.5 Å². The van der Waals surface area contributed by atoms with Crippen LogP contribution in [0.5, 0.6) is 11.5 Å². The molecule has 1 N–H and O–H groups in total. The first kappa shape index (κ1) is 20.7. The summed E-state index contributed by atoms with van der Waals surface area (Å²) in [4.78, 5) is 20.1. The van der Waals surface area contributed by atoms with E-state index in [9.17, 15) is 0 Å². The van der Waals surface area contributed by atoms with Gasteiger partial charge in [-0.15, -0.1) is 0 Å². The topological polar surface area (TPSA) is 98.2 Å². The van der Waals surface area contributed by atoms with Crippen molar-refractivity contribution in [3.8, 4) is 11.5 Å². The Morgan fingerprint density at radius 2 is 1.94 bits per heavy atom. The summed E-state index contributed by atoms with van der Waals surface area (Å²) in [6, 6.07) is 11.9. The first-order chi connectivity index (χ1) is 16.7. The largest absolute Gasteiger partial charge is 0.457 e. The van der Waals surface area contributed by atoms with Crippen molar-refractivity contribution in [3.05, 3.63) is 59.9 Å². The molecule has 10 heteroatoms. The molecule has 4 heterocycles. The minimum Gasteiger partial charge on any atom is -0.457 e.